The van der Waals surface area contributed by atoms with Crippen molar-refractivity contribution in [3.05, 3.63) is 78.9 Å². The van der Waals surface area contributed by atoms with Gasteiger partial charge in [0.15, 0.2) is 5.13 Å². The van der Waals surface area contributed by atoms with Crippen LogP contribution < -0.4 is 14.5 Å². The number of ether oxygens (including phenoxy) is 1. The van der Waals surface area contributed by atoms with Crippen LogP contribution in [-0.4, -0.2) is 30.5 Å². The van der Waals surface area contributed by atoms with E-state index in [4.69, 9.17) is 9.72 Å². The number of carbonyl (C=O) groups excluding carboxylic acids is 2. The second-order valence-corrected chi connectivity index (χ2v) is 8.56. The number of para-hydroxylation sites is 4. The van der Waals surface area contributed by atoms with Crippen molar-refractivity contribution in [1.82, 2.24) is 4.98 Å². The third-order valence-electron chi connectivity index (χ3n) is 5.56. The van der Waals surface area contributed by atoms with Gasteiger partial charge in [0.2, 0.25) is 11.8 Å². The van der Waals surface area contributed by atoms with Crippen LogP contribution in [0.1, 0.15) is 6.42 Å². The topological polar surface area (TPSA) is 62.7 Å². The lowest BCUT2D eigenvalue weighted by Gasteiger charge is -2.24. The van der Waals surface area contributed by atoms with Gasteiger partial charge in [0, 0.05) is 13.0 Å². The van der Waals surface area contributed by atoms with Crippen molar-refractivity contribution in [2.24, 2.45) is 5.92 Å². The van der Waals surface area contributed by atoms with E-state index in [0.717, 1.165) is 15.9 Å². The van der Waals surface area contributed by atoms with Gasteiger partial charge >= 0.3 is 0 Å². The summed E-state index contributed by atoms with van der Waals surface area (Å²) in [6.45, 7) is 0.298. The molecule has 6 nitrogen and oxygen atoms in total. The molecule has 3 aromatic carbocycles. The van der Waals surface area contributed by atoms with Gasteiger partial charge in [-0.3, -0.25) is 14.5 Å². The average molecular weight is 444 g/mol. The molecule has 7 heteroatoms. The van der Waals surface area contributed by atoms with Crippen molar-refractivity contribution in [3.63, 3.8) is 0 Å². The van der Waals surface area contributed by atoms with Gasteiger partial charge in [-0.25, -0.2) is 4.98 Å². The molecular weight excluding hydrogens is 422 g/mol. The monoisotopic (exact) mass is 443 g/mol. The Kier molecular flexibility index (Phi) is 5.33. The van der Waals surface area contributed by atoms with Crippen LogP contribution >= 0.6 is 11.3 Å². The van der Waals surface area contributed by atoms with E-state index >= 15 is 0 Å². The summed E-state index contributed by atoms with van der Waals surface area (Å²) in [5.41, 5.74) is 2.26. The largest absolute Gasteiger partial charge is 0.495 e. The molecule has 0 radical (unpaired) electrons. The SMILES string of the molecule is COc1ccccc1N1C[C@@H](C(=O)N(c2ccccc2)c2nc3ccccc3s2)CC1=O. The standard InChI is InChI=1S/C25H21N3O3S/c1-31-21-13-7-6-12-20(21)27-16-17(15-23(27)29)24(30)28(18-9-3-2-4-10-18)25-26-19-11-5-8-14-22(19)32-25/h2-14,17H,15-16H2,1H3/t17-/m0/s1. The summed E-state index contributed by atoms with van der Waals surface area (Å²) in [6, 6.07) is 24.7. The molecule has 0 unspecified atom stereocenters. The quantitative estimate of drug-likeness (QED) is 0.434. The lowest BCUT2D eigenvalue weighted by molar-refractivity contribution is -0.123. The second kappa shape index (κ2) is 8.43. The van der Waals surface area contributed by atoms with E-state index < -0.39 is 5.92 Å². The zero-order valence-electron chi connectivity index (χ0n) is 17.5. The summed E-state index contributed by atoms with van der Waals surface area (Å²) in [6.07, 6.45) is 0.144. The number of hydrogen-bond donors (Lipinski definition) is 0. The smallest absolute Gasteiger partial charge is 0.238 e. The number of amides is 2. The van der Waals surface area contributed by atoms with Crippen LogP contribution in [0.15, 0.2) is 78.9 Å². The highest BCUT2D eigenvalue weighted by Gasteiger charge is 2.39. The predicted molar refractivity (Wildman–Crippen MR) is 127 cm³/mol. The van der Waals surface area contributed by atoms with Gasteiger partial charge in [0.05, 0.1) is 34.6 Å². The molecule has 5 rings (SSSR count). The molecule has 1 aromatic heterocycles. The number of thiazole rings is 1. The van der Waals surface area contributed by atoms with Gasteiger partial charge in [-0.1, -0.05) is 53.8 Å². The summed E-state index contributed by atoms with van der Waals surface area (Å²) in [5, 5.41) is 0.602. The molecule has 160 valence electrons. The van der Waals surface area contributed by atoms with Crippen LogP contribution in [0, 0.1) is 5.92 Å². The van der Waals surface area contributed by atoms with Crippen molar-refractivity contribution in [3.8, 4) is 5.75 Å². The number of benzene rings is 3. The molecule has 2 amide bonds. The van der Waals surface area contributed by atoms with E-state index in [0.29, 0.717) is 23.1 Å². The predicted octanol–water partition coefficient (Wildman–Crippen LogP) is 5.02. The molecule has 0 spiro atoms. The fourth-order valence-electron chi connectivity index (χ4n) is 4.01. The normalized spacial score (nSPS) is 15.8. The van der Waals surface area contributed by atoms with Gasteiger partial charge < -0.3 is 9.64 Å². The molecule has 32 heavy (non-hydrogen) atoms. The minimum atomic E-state index is -0.486. The van der Waals surface area contributed by atoms with Gasteiger partial charge in [-0.05, 0) is 36.4 Å². The lowest BCUT2D eigenvalue weighted by Crippen LogP contribution is -2.34. The van der Waals surface area contributed by atoms with Gasteiger partial charge in [0.25, 0.3) is 0 Å². The lowest BCUT2D eigenvalue weighted by atomic mass is 10.1. The number of aromatic nitrogens is 1. The highest BCUT2D eigenvalue weighted by atomic mass is 32.1. The molecular formula is C25H21N3O3S. The Labute approximate surface area is 189 Å². The average Bonchev–Trinajstić information content (AvgIpc) is 3.43. The Balaban J connectivity index is 1.50. The Bertz CT molecular complexity index is 1250. The maximum atomic E-state index is 13.8. The minimum absolute atomic E-state index is 0.0924. The van der Waals surface area contributed by atoms with E-state index in [-0.39, 0.29) is 18.2 Å². The highest BCUT2D eigenvalue weighted by molar-refractivity contribution is 7.22. The third-order valence-corrected chi connectivity index (χ3v) is 6.58. The second-order valence-electron chi connectivity index (χ2n) is 7.55. The maximum absolute atomic E-state index is 13.8. The summed E-state index contributed by atoms with van der Waals surface area (Å²) in [7, 11) is 1.58. The van der Waals surface area contributed by atoms with Gasteiger partial charge in [0.1, 0.15) is 5.75 Å². The van der Waals surface area contributed by atoms with Crippen LogP contribution in [-0.2, 0) is 9.59 Å². The van der Waals surface area contributed by atoms with Crippen LogP contribution in [0.5, 0.6) is 5.75 Å². The van der Waals surface area contributed by atoms with Crippen LogP contribution in [0.25, 0.3) is 10.2 Å². The number of hydrogen-bond acceptors (Lipinski definition) is 5. The van der Waals surface area contributed by atoms with Crippen molar-refractivity contribution in [2.75, 3.05) is 23.5 Å². The zero-order valence-corrected chi connectivity index (χ0v) is 18.3. The van der Waals surface area contributed by atoms with Crippen molar-refractivity contribution in [1.29, 1.82) is 0 Å². The molecule has 1 saturated heterocycles. The minimum Gasteiger partial charge on any atom is -0.495 e. The first-order valence-electron chi connectivity index (χ1n) is 10.3. The number of fused-ring (bicyclic) bond motifs is 1. The summed E-state index contributed by atoms with van der Waals surface area (Å²) in [5.74, 6) is -0.106. The maximum Gasteiger partial charge on any atom is 0.238 e. The van der Waals surface area contributed by atoms with Crippen molar-refractivity contribution >= 4 is 49.9 Å². The molecule has 0 bridgehead atoms. The molecule has 1 aliphatic rings. The molecule has 0 aliphatic carbocycles. The fraction of sp³-hybridized carbons (Fsp3) is 0.160. The molecule has 0 N–H and O–H groups in total. The first-order valence-corrected chi connectivity index (χ1v) is 11.2. The van der Waals surface area contributed by atoms with E-state index in [1.54, 1.807) is 16.9 Å². The number of anilines is 3. The summed E-state index contributed by atoms with van der Waals surface area (Å²) < 4.78 is 6.43. The first-order chi connectivity index (χ1) is 15.7. The van der Waals surface area contributed by atoms with E-state index in [1.807, 2.05) is 78.9 Å². The Morgan fingerprint density at radius 2 is 1.75 bits per heavy atom. The first kappa shape index (κ1) is 20.2. The van der Waals surface area contributed by atoms with Crippen LogP contribution in [0.2, 0.25) is 0 Å². The third kappa shape index (κ3) is 3.61. The number of rotatable bonds is 5. The van der Waals surface area contributed by atoms with E-state index in [2.05, 4.69) is 0 Å². The molecule has 1 fully saturated rings. The van der Waals surface area contributed by atoms with Crippen molar-refractivity contribution in [2.45, 2.75) is 6.42 Å². The van der Waals surface area contributed by atoms with E-state index in [1.165, 1.54) is 11.3 Å². The molecule has 0 saturated carbocycles. The van der Waals surface area contributed by atoms with Gasteiger partial charge in [-0.2, -0.15) is 0 Å². The number of nitrogens with zero attached hydrogens (tertiary/aromatic N) is 3. The van der Waals surface area contributed by atoms with E-state index in [9.17, 15) is 9.59 Å². The number of carbonyl (C=O) groups is 2. The van der Waals surface area contributed by atoms with Crippen LogP contribution in [0.4, 0.5) is 16.5 Å². The number of methoxy groups -OCH3 is 1. The summed E-state index contributed by atoms with van der Waals surface area (Å²) in [4.78, 5) is 34.7. The molecule has 1 aliphatic heterocycles. The zero-order chi connectivity index (χ0) is 22.1. The van der Waals surface area contributed by atoms with Gasteiger partial charge in [-0.15, -0.1) is 0 Å². The highest BCUT2D eigenvalue weighted by Crippen LogP contribution is 2.38. The van der Waals surface area contributed by atoms with Crippen LogP contribution in [0.3, 0.4) is 0 Å². The Hall–Kier alpha value is -3.71. The molecule has 1 atom stereocenters. The summed E-state index contributed by atoms with van der Waals surface area (Å²) >= 11 is 1.47. The Morgan fingerprint density at radius 3 is 2.53 bits per heavy atom. The molecule has 2 heterocycles. The Morgan fingerprint density at radius 1 is 1.03 bits per heavy atom. The molecule has 4 aromatic rings. The van der Waals surface area contributed by atoms with Crippen molar-refractivity contribution < 1.29 is 14.3 Å². The fourth-order valence-corrected chi connectivity index (χ4v) is 5.00.